The van der Waals surface area contributed by atoms with Crippen LogP contribution in [0.1, 0.15) is 19.4 Å². The first-order chi connectivity index (χ1) is 11.7. The third kappa shape index (κ3) is 4.09. The van der Waals surface area contributed by atoms with Gasteiger partial charge >= 0.3 is 23.8 Å². The van der Waals surface area contributed by atoms with E-state index in [-0.39, 0.29) is 12.6 Å². The van der Waals surface area contributed by atoms with Gasteiger partial charge < -0.3 is 9.47 Å². The number of para-hydroxylation sites is 1. The molecule has 1 aromatic rings. The third-order valence-corrected chi connectivity index (χ3v) is 3.65. The highest BCUT2D eigenvalue weighted by molar-refractivity contribution is 6.39. The maximum atomic E-state index is 12.9. The molecule has 0 spiro atoms. The van der Waals surface area contributed by atoms with Crippen LogP contribution in [0.4, 0.5) is 13.2 Å². The zero-order valence-corrected chi connectivity index (χ0v) is 14.0. The number of hydrazone groups is 1. The molecule has 0 aliphatic carbocycles. The fraction of sp³-hybridized carbons (Fsp3) is 0.438. The molecule has 1 heterocycles. The Morgan fingerprint density at radius 2 is 1.92 bits per heavy atom. The quantitative estimate of drug-likeness (QED) is 0.575. The van der Waals surface area contributed by atoms with E-state index in [0.29, 0.717) is 5.71 Å². The Bertz CT molecular complexity index is 716. The Labute approximate surface area is 142 Å². The van der Waals surface area contributed by atoms with E-state index in [1.165, 1.54) is 23.9 Å². The van der Waals surface area contributed by atoms with Crippen molar-refractivity contribution in [2.24, 2.45) is 0 Å². The Balaban J connectivity index is 2.03. The molecule has 9 heteroatoms. The van der Waals surface area contributed by atoms with Gasteiger partial charge in [0.05, 0.1) is 19.2 Å². The molecule has 1 aliphatic rings. The van der Waals surface area contributed by atoms with Crippen molar-refractivity contribution in [2.45, 2.75) is 26.1 Å². The van der Waals surface area contributed by atoms with Gasteiger partial charge in [0.25, 0.3) is 6.04 Å². The zero-order valence-electron chi connectivity index (χ0n) is 14.0. The van der Waals surface area contributed by atoms with Crippen LogP contribution in [0.2, 0.25) is 0 Å². The molecule has 0 fully saturated rings. The number of alkyl halides is 3. The summed E-state index contributed by atoms with van der Waals surface area (Å²) in [6.07, 6.45) is -4.58. The molecule has 136 valence electrons. The summed E-state index contributed by atoms with van der Waals surface area (Å²) in [5, 5.41) is 1.13. The zero-order chi connectivity index (χ0) is 18.8. The fourth-order valence-corrected chi connectivity index (χ4v) is 2.35. The van der Waals surface area contributed by atoms with Crippen LogP contribution in [-0.4, -0.2) is 53.6 Å². The second kappa shape index (κ2) is 7.12. The van der Waals surface area contributed by atoms with Crippen molar-refractivity contribution in [3.05, 3.63) is 29.8 Å². The van der Waals surface area contributed by atoms with Gasteiger partial charge in [-0.25, -0.2) is 4.79 Å². The van der Waals surface area contributed by atoms with E-state index in [9.17, 15) is 22.8 Å². The Hall–Kier alpha value is -2.58. The molecule has 0 aromatic heterocycles. The van der Waals surface area contributed by atoms with Gasteiger partial charge in [-0.15, -0.1) is 5.01 Å². The first-order valence-corrected chi connectivity index (χ1v) is 7.57. The number of likely N-dealkylation sites (N-methyl/N-ethyl adjacent to an activating group) is 1. The average Bonchev–Trinajstić information content (AvgIpc) is 3.22. The Morgan fingerprint density at radius 3 is 2.52 bits per heavy atom. The van der Waals surface area contributed by atoms with E-state index >= 15 is 0 Å². The summed E-state index contributed by atoms with van der Waals surface area (Å²) < 4.78 is 50.0. The molecule has 0 N–H and O–H groups in total. The van der Waals surface area contributed by atoms with Crippen molar-refractivity contribution >= 4 is 17.6 Å². The van der Waals surface area contributed by atoms with Gasteiger partial charge in [0.15, 0.2) is 6.61 Å². The van der Waals surface area contributed by atoms with E-state index in [4.69, 9.17) is 9.47 Å². The van der Waals surface area contributed by atoms with E-state index < -0.39 is 36.0 Å². The number of carbonyl (C=O) groups is 2. The lowest BCUT2D eigenvalue weighted by molar-refractivity contribution is -0.615. The SMILES string of the molecule is CCOC(=O)C1=[N+](N(C)C(=O)COc2ccccc2C(F)(F)F)C1C. The Morgan fingerprint density at radius 1 is 1.28 bits per heavy atom. The highest BCUT2D eigenvalue weighted by Gasteiger charge is 2.56. The molecule has 2 rings (SSSR count). The summed E-state index contributed by atoms with van der Waals surface area (Å²) in [7, 11) is 1.41. The van der Waals surface area contributed by atoms with Crippen molar-refractivity contribution in [3.63, 3.8) is 0 Å². The van der Waals surface area contributed by atoms with Crippen LogP contribution in [0.3, 0.4) is 0 Å². The normalized spacial score (nSPS) is 16.5. The number of carbonyl (C=O) groups excluding carboxylic acids is 2. The topological polar surface area (TPSA) is 58.9 Å². The van der Waals surface area contributed by atoms with Crippen molar-refractivity contribution in [2.75, 3.05) is 20.3 Å². The molecule has 1 aliphatic heterocycles. The molecule has 6 nitrogen and oxygen atoms in total. The van der Waals surface area contributed by atoms with Gasteiger partial charge in [-0.05, 0) is 19.1 Å². The molecule has 25 heavy (non-hydrogen) atoms. The smallest absolute Gasteiger partial charge is 0.419 e. The number of hydrazine groups is 1. The summed E-state index contributed by atoms with van der Waals surface area (Å²) >= 11 is 0. The summed E-state index contributed by atoms with van der Waals surface area (Å²) in [5.74, 6) is -1.55. The second-order valence-electron chi connectivity index (χ2n) is 5.33. The van der Waals surface area contributed by atoms with Gasteiger partial charge in [-0.3, -0.25) is 4.79 Å². The van der Waals surface area contributed by atoms with Gasteiger partial charge in [-0.1, -0.05) is 16.8 Å². The summed E-state index contributed by atoms with van der Waals surface area (Å²) in [6.45, 7) is 2.98. The molecule has 0 saturated heterocycles. The molecular formula is C16H18F3N2O4+. The summed E-state index contributed by atoms with van der Waals surface area (Å²) in [5.41, 5.74) is -0.641. The van der Waals surface area contributed by atoms with Crippen LogP contribution in [0.15, 0.2) is 24.3 Å². The molecule has 1 unspecified atom stereocenters. The minimum Gasteiger partial charge on any atom is -0.483 e. The number of nitrogens with zero attached hydrogens (tertiary/aromatic N) is 2. The largest absolute Gasteiger partial charge is 0.483 e. The number of halogens is 3. The molecule has 1 atom stereocenters. The van der Waals surface area contributed by atoms with Gasteiger partial charge in [0, 0.05) is 6.92 Å². The number of rotatable bonds is 6. The van der Waals surface area contributed by atoms with Gasteiger partial charge in [-0.2, -0.15) is 13.2 Å². The monoisotopic (exact) mass is 359 g/mol. The molecule has 1 amide bonds. The lowest BCUT2D eigenvalue weighted by Gasteiger charge is -2.14. The predicted octanol–water partition coefficient (Wildman–Crippen LogP) is 1.88. The third-order valence-electron chi connectivity index (χ3n) is 3.65. The van der Waals surface area contributed by atoms with Crippen LogP contribution in [0, 0.1) is 0 Å². The number of esters is 1. The number of hydrogen-bond acceptors (Lipinski definition) is 4. The summed E-state index contributed by atoms with van der Waals surface area (Å²) in [4.78, 5) is 23.8. The predicted molar refractivity (Wildman–Crippen MR) is 81.1 cm³/mol. The fourth-order valence-electron chi connectivity index (χ4n) is 2.35. The molecule has 0 bridgehead atoms. The van der Waals surface area contributed by atoms with Crippen molar-refractivity contribution in [3.8, 4) is 5.75 Å². The van der Waals surface area contributed by atoms with E-state index in [2.05, 4.69) is 0 Å². The molecule has 1 aromatic carbocycles. The minimum absolute atomic E-state index is 0.206. The summed E-state index contributed by atoms with van der Waals surface area (Å²) in [6, 6.07) is 4.34. The lowest BCUT2D eigenvalue weighted by Crippen LogP contribution is -2.35. The van der Waals surface area contributed by atoms with Crippen LogP contribution < -0.4 is 4.74 Å². The Kier molecular flexibility index (Phi) is 5.34. The number of benzene rings is 1. The molecule has 0 saturated carbocycles. The van der Waals surface area contributed by atoms with Crippen LogP contribution in [-0.2, 0) is 20.5 Å². The molecule has 0 radical (unpaired) electrons. The van der Waals surface area contributed by atoms with Crippen molar-refractivity contribution in [1.82, 2.24) is 5.01 Å². The van der Waals surface area contributed by atoms with Crippen LogP contribution >= 0.6 is 0 Å². The number of ether oxygens (including phenoxy) is 2. The maximum absolute atomic E-state index is 12.9. The van der Waals surface area contributed by atoms with Crippen LogP contribution in [0.5, 0.6) is 5.75 Å². The second-order valence-corrected chi connectivity index (χ2v) is 5.33. The molecular weight excluding hydrogens is 341 g/mol. The van der Waals surface area contributed by atoms with E-state index in [0.717, 1.165) is 17.1 Å². The highest BCUT2D eigenvalue weighted by Crippen LogP contribution is 2.35. The lowest BCUT2D eigenvalue weighted by atomic mass is 10.2. The number of amides is 1. The first-order valence-electron chi connectivity index (χ1n) is 7.57. The average molecular weight is 359 g/mol. The van der Waals surface area contributed by atoms with E-state index in [1.807, 2.05) is 0 Å². The minimum atomic E-state index is -4.58. The standard InChI is InChI=1S/C16H18F3N2O4/c1-4-24-15(23)14-10(2)21(14)20(3)13(22)9-25-12-8-6-5-7-11(12)16(17,18)19/h5-8,10H,4,9H2,1-3H3/q+1. The van der Waals surface area contributed by atoms with Crippen molar-refractivity contribution < 1.29 is 36.9 Å². The highest BCUT2D eigenvalue weighted by atomic mass is 19.4. The van der Waals surface area contributed by atoms with Crippen LogP contribution in [0.25, 0.3) is 0 Å². The maximum Gasteiger partial charge on any atom is 0.419 e. The van der Waals surface area contributed by atoms with Gasteiger partial charge in [0.1, 0.15) is 5.75 Å². The van der Waals surface area contributed by atoms with E-state index in [1.54, 1.807) is 13.8 Å². The number of hydrogen-bond donors (Lipinski definition) is 0. The van der Waals surface area contributed by atoms with Gasteiger partial charge in [0.2, 0.25) is 0 Å². The van der Waals surface area contributed by atoms with Crippen molar-refractivity contribution in [1.29, 1.82) is 0 Å². The first kappa shape index (κ1) is 18.8.